The Labute approximate surface area is 112 Å². The van der Waals surface area contributed by atoms with Crippen LogP contribution in [0.5, 0.6) is 0 Å². The van der Waals surface area contributed by atoms with Crippen LogP contribution in [0.2, 0.25) is 0 Å². The van der Waals surface area contributed by atoms with Gasteiger partial charge in [0.1, 0.15) is 0 Å². The first-order chi connectivity index (χ1) is 8.84. The van der Waals surface area contributed by atoms with Crippen molar-refractivity contribution in [3.05, 3.63) is 0 Å². The van der Waals surface area contributed by atoms with E-state index in [9.17, 15) is 4.79 Å². The zero-order valence-corrected chi connectivity index (χ0v) is 11.3. The van der Waals surface area contributed by atoms with Gasteiger partial charge in [-0.05, 0) is 14.1 Å². The van der Waals surface area contributed by atoms with E-state index in [0.717, 1.165) is 32.7 Å². The summed E-state index contributed by atoms with van der Waals surface area (Å²) in [7, 11) is 4.06. The summed E-state index contributed by atoms with van der Waals surface area (Å²) in [6, 6.07) is 0. The van der Waals surface area contributed by atoms with E-state index in [1.807, 2.05) is 19.0 Å². The summed E-state index contributed by atoms with van der Waals surface area (Å²) in [5.74, 6) is -3.36. The van der Waals surface area contributed by atoms with Crippen LogP contribution in [0.4, 0.5) is 0 Å². The number of carboxylic acid groups (broad SMARTS) is 2. The van der Waals surface area contributed by atoms with E-state index in [0.29, 0.717) is 6.42 Å². The first kappa shape index (κ1) is 17.3. The van der Waals surface area contributed by atoms with Crippen LogP contribution in [0.3, 0.4) is 0 Å². The molecule has 3 N–H and O–H groups in total. The Balaban J connectivity index is 0.000000459. The summed E-state index contributed by atoms with van der Waals surface area (Å²) >= 11 is 0. The lowest BCUT2D eigenvalue weighted by atomic mass is 10.3. The molecule has 8 nitrogen and oxygen atoms in total. The van der Waals surface area contributed by atoms with E-state index in [1.54, 1.807) is 0 Å². The predicted octanol–water partition coefficient (Wildman–Crippen LogP) is -1.47. The van der Waals surface area contributed by atoms with Gasteiger partial charge >= 0.3 is 11.9 Å². The topological polar surface area (TPSA) is 110 Å². The Kier molecular flexibility index (Phi) is 8.47. The SMILES string of the molecule is CN(C)CCN1CCNCCC1=O.O=C(O)C(=O)O. The van der Waals surface area contributed by atoms with Crippen molar-refractivity contribution in [3.8, 4) is 0 Å². The van der Waals surface area contributed by atoms with E-state index in [-0.39, 0.29) is 5.91 Å². The van der Waals surface area contributed by atoms with Crippen LogP contribution in [0, 0.1) is 0 Å². The quantitative estimate of drug-likeness (QED) is 0.539. The summed E-state index contributed by atoms with van der Waals surface area (Å²) < 4.78 is 0. The van der Waals surface area contributed by atoms with Crippen molar-refractivity contribution in [2.24, 2.45) is 0 Å². The molecule has 8 heteroatoms. The van der Waals surface area contributed by atoms with Gasteiger partial charge in [0.15, 0.2) is 0 Å². The second-order valence-electron chi connectivity index (χ2n) is 4.29. The fourth-order valence-electron chi connectivity index (χ4n) is 1.37. The number of likely N-dealkylation sites (N-methyl/N-ethyl adjacent to an activating group) is 1. The van der Waals surface area contributed by atoms with E-state index in [2.05, 4.69) is 10.2 Å². The minimum atomic E-state index is -1.82. The molecular weight excluding hydrogens is 254 g/mol. The average Bonchev–Trinajstić information content (AvgIpc) is 2.52. The molecule has 0 unspecified atom stereocenters. The minimum Gasteiger partial charge on any atom is -0.473 e. The summed E-state index contributed by atoms with van der Waals surface area (Å²) in [6.07, 6.45) is 0.646. The molecule has 0 aromatic heterocycles. The smallest absolute Gasteiger partial charge is 0.414 e. The highest BCUT2D eigenvalue weighted by Crippen LogP contribution is 1.97. The molecule has 0 saturated carbocycles. The van der Waals surface area contributed by atoms with Gasteiger partial charge < -0.3 is 25.3 Å². The molecule has 0 aliphatic carbocycles. The summed E-state index contributed by atoms with van der Waals surface area (Å²) in [4.78, 5) is 33.7. The molecule has 0 radical (unpaired) electrons. The minimum absolute atomic E-state index is 0.284. The Bertz CT molecular complexity index is 307. The number of nitrogens with zero attached hydrogens (tertiary/aromatic N) is 2. The number of carbonyl (C=O) groups excluding carboxylic acids is 1. The standard InChI is InChI=1S/C9H19N3O.C2H2O4/c1-11(2)7-8-12-6-5-10-4-3-9(12)13;3-1(4)2(5)6/h10H,3-8H2,1-2H3;(H,3,4)(H,5,6). The molecule has 1 aliphatic heterocycles. The molecule has 0 aromatic carbocycles. The van der Waals surface area contributed by atoms with Gasteiger partial charge in [0, 0.05) is 39.1 Å². The molecule has 110 valence electrons. The highest BCUT2D eigenvalue weighted by molar-refractivity contribution is 6.27. The number of rotatable bonds is 3. The first-order valence-corrected chi connectivity index (χ1v) is 5.94. The molecule has 1 heterocycles. The number of hydrogen-bond acceptors (Lipinski definition) is 5. The van der Waals surface area contributed by atoms with Crippen LogP contribution in [-0.4, -0.2) is 84.7 Å². The third kappa shape index (κ3) is 8.97. The van der Waals surface area contributed by atoms with Crippen molar-refractivity contribution in [3.63, 3.8) is 0 Å². The van der Waals surface area contributed by atoms with Crippen LogP contribution < -0.4 is 5.32 Å². The molecule has 0 bridgehead atoms. The zero-order chi connectivity index (χ0) is 14.8. The number of carbonyl (C=O) groups is 3. The van der Waals surface area contributed by atoms with E-state index < -0.39 is 11.9 Å². The second kappa shape index (κ2) is 9.29. The monoisotopic (exact) mass is 275 g/mol. The van der Waals surface area contributed by atoms with E-state index in [1.165, 1.54) is 0 Å². The molecule has 19 heavy (non-hydrogen) atoms. The van der Waals surface area contributed by atoms with Gasteiger partial charge in [-0.15, -0.1) is 0 Å². The Morgan fingerprint density at radius 2 is 1.84 bits per heavy atom. The van der Waals surface area contributed by atoms with Crippen molar-refractivity contribution < 1.29 is 24.6 Å². The van der Waals surface area contributed by atoms with Gasteiger partial charge in [-0.1, -0.05) is 0 Å². The van der Waals surface area contributed by atoms with Crippen LogP contribution in [0.25, 0.3) is 0 Å². The second-order valence-corrected chi connectivity index (χ2v) is 4.29. The van der Waals surface area contributed by atoms with E-state index >= 15 is 0 Å². The van der Waals surface area contributed by atoms with Gasteiger partial charge in [-0.3, -0.25) is 4.79 Å². The first-order valence-electron chi connectivity index (χ1n) is 5.94. The molecule has 1 rings (SSSR count). The van der Waals surface area contributed by atoms with Crippen molar-refractivity contribution >= 4 is 17.8 Å². The van der Waals surface area contributed by atoms with Crippen LogP contribution in [0.15, 0.2) is 0 Å². The van der Waals surface area contributed by atoms with Crippen LogP contribution in [-0.2, 0) is 14.4 Å². The Morgan fingerprint density at radius 1 is 1.26 bits per heavy atom. The maximum atomic E-state index is 11.5. The van der Waals surface area contributed by atoms with Gasteiger partial charge in [0.2, 0.25) is 5.91 Å². The number of nitrogens with one attached hydrogen (secondary N) is 1. The number of hydrogen-bond donors (Lipinski definition) is 3. The lowest BCUT2D eigenvalue weighted by Gasteiger charge is -2.22. The van der Waals surface area contributed by atoms with Gasteiger partial charge in [-0.25, -0.2) is 9.59 Å². The molecule has 1 saturated heterocycles. The predicted molar refractivity (Wildman–Crippen MR) is 67.9 cm³/mol. The average molecular weight is 275 g/mol. The molecule has 1 amide bonds. The lowest BCUT2D eigenvalue weighted by molar-refractivity contribution is -0.159. The van der Waals surface area contributed by atoms with Gasteiger partial charge in [0.05, 0.1) is 0 Å². The summed E-state index contributed by atoms with van der Waals surface area (Å²) in [5, 5.41) is 18.0. The fourth-order valence-corrected chi connectivity index (χ4v) is 1.37. The number of amides is 1. The molecular formula is C11H21N3O5. The number of aliphatic carboxylic acids is 2. The third-order valence-electron chi connectivity index (χ3n) is 2.43. The highest BCUT2D eigenvalue weighted by Gasteiger charge is 2.15. The summed E-state index contributed by atoms with van der Waals surface area (Å²) in [6.45, 7) is 4.42. The van der Waals surface area contributed by atoms with Crippen LogP contribution >= 0.6 is 0 Å². The largest absolute Gasteiger partial charge is 0.473 e. The van der Waals surface area contributed by atoms with Gasteiger partial charge in [0.25, 0.3) is 0 Å². The van der Waals surface area contributed by atoms with Crippen LogP contribution in [0.1, 0.15) is 6.42 Å². The lowest BCUT2D eigenvalue weighted by Crippen LogP contribution is -2.37. The highest BCUT2D eigenvalue weighted by atomic mass is 16.4. The van der Waals surface area contributed by atoms with E-state index in [4.69, 9.17) is 19.8 Å². The normalized spacial score (nSPS) is 15.5. The molecule has 1 fully saturated rings. The summed E-state index contributed by atoms with van der Waals surface area (Å²) in [5.41, 5.74) is 0. The van der Waals surface area contributed by atoms with Crippen molar-refractivity contribution in [2.45, 2.75) is 6.42 Å². The third-order valence-corrected chi connectivity index (χ3v) is 2.43. The zero-order valence-electron chi connectivity index (χ0n) is 11.3. The molecule has 1 aliphatic rings. The van der Waals surface area contributed by atoms with Crippen molar-refractivity contribution in [2.75, 3.05) is 46.8 Å². The van der Waals surface area contributed by atoms with Crippen molar-refractivity contribution in [1.82, 2.24) is 15.1 Å². The molecule has 0 aromatic rings. The maximum absolute atomic E-state index is 11.5. The molecule has 0 spiro atoms. The number of carboxylic acids is 2. The fraction of sp³-hybridized carbons (Fsp3) is 0.727. The molecule has 0 atom stereocenters. The maximum Gasteiger partial charge on any atom is 0.414 e. The Hall–Kier alpha value is -1.67. The Morgan fingerprint density at radius 3 is 2.32 bits per heavy atom. The van der Waals surface area contributed by atoms with Crippen molar-refractivity contribution in [1.29, 1.82) is 0 Å². The van der Waals surface area contributed by atoms with Gasteiger partial charge in [-0.2, -0.15) is 0 Å².